The average Bonchev–Trinajstić information content (AvgIpc) is 3.26. The van der Waals surface area contributed by atoms with Crippen LogP contribution < -0.4 is 31.1 Å². The molecule has 328 valence electrons. The van der Waals surface area contributed by atoms with E-state index < -0.39 is 0 Å². The number of para-hydroxylation sites is 2. The van der Waals surface area contributed by atoms with Crippen molar-refractivity contribution in [2.24, 2.45) is 0 Å². The first kappa shape index (κ1) is 42.9. The van der Waals surface area contributed by atoms with Crippen LogP contribution in [0.3, 0.4) is 0 Å². The fourth-order valence-corrected chi connectivity index (χ4v) is 11.0. The Morgan fingerprint density at radius 3 is 1.43 bits per heavy atom. The number of hydrogen-bond donors (Lipinski definition) is 0. The van der Waals surface area contributed by atoms with Crippen LogP contribution in [0.5, 0.6) is 0 Å². The van der Waals surface area contributed by atoms with Crippen molar-refractivity contribution in [1.29, 1.82) is 0 Å². The Balaban J connectivity index is 1.33. The van der Waals surface area contributed by atoms with Gasteiger partial charge in [-0.3, -0.25) is 0 Å². The van der Waals surface area contributed by atoms with Gasteiger partial charge in [0.25, 0.3) is 6.71 Å². The van der Waals surface area contributed by atoms with Gasteiger partial charge in [0.2, 0.25) is 0 Å². The molecule has 0 saturated carbocycles. The molecule has 0 aromatic heterocycles. The average molecular weight is 852 g/mol. The zero-order valence-corrected chi connectivity index (χ0v) is 41.1. The van der Waals surface area contributed by atoms with Gasteiger partial charge in [-0.05, 0) is 178 Å². The minimum atomic E-state index is -0.0980. The van der Waals surface area contributed by atoms with Crippen molar-refractivity contribution in [2.45, 2.75) is 125 Å². The maximum atomic E-state index is 2.66. The molecule has 2 heterocycles. The van der Waals surface area contributed by atoms with E-state index in [1.165, 1.54) is 89.5 Å². The third kappa shape index (κ3) is 7.11. The van der Waals surface area contributed by atoms with Crippen molar-refractivity contribution >= 4 is 74.3 Å². The molecule has 7 aromatic rings. The lowest BCUT2D eigenvalue weighted by Gasteiger charge is -2.48. The van der Waals surface area contributed by atoms with Crippen molar-refractivity contribution in [3.8, 4) is 0 Å². The van der Waals surface area contributed by atoms with E-state index in [0.29, 0.717) is 0 Å². The summed E-state index contributed by atoms with van der Waals surface area (Å²) < 4.78 is 0. The van der Waals surface area contributed by atoms with Crippen LogP contribution >= 0.6 is 0 Å². The van der Waals surface area contributed by atoms with Gasteiger partial charge in [0.15, 0.2) is 0 Å². The number of benzene rings is 7. The van der Waals surface area contributed by atoms with Gasteiger partial charge in [-0.25, -0.2) is 0 Å². The SMILES string of the molecule is Cc1ccc(N(c2ccc(C(C)(C)C)cc2)c2ccc3c(c2)B2c4cc5c(cc4N(c4ccccc4C)c4cc(C(C)(C)C)cc(c42)N3c2ccccc2C)C(C)(C)CCC5(C)C)cc1. The van der Waals surface area contributed by atoms with Crippen LogP contribution in [0.4, 0.5) is 51.2 Å². The molecule has 1 aliphatic carbocycles. The monoisotopic (exact) mass is 852 g/mol. The van der Waals surface area contributed by atoms with E-state index in [2.05, 4.69) is 244 Å². The van der Waals surface area contributed by atoms with E-state index in [1.54, 1.807) is 0 Å². The molecule has 0 fully saturated rings. The van der Waals surface area contributed by atoms with Crippen molar-refractivity contribution < 1.29 is 0 Å². The van der Waals surface area contributed by atoms with E-state index in [1.807, 2.05) is 0 Å². The number of fused-ring (bicyclic) bond motifs is 5. The molecule has 4 heteroatoms. The second-order valence-corrected chi connectivity index (χ2v) is 22.8. The van der Waals surface area contributed by atoms with Gasteiger partial charge in [0, 0.05) is 51.2 Å². The molecule has 0 unspecified atom stereocenters. The van der Waals surface area contributed by atoms with Crippen molar-refractivity contribution in [2.75, 3.05) is 14.7 Å². The van der Waals surface area contributed by atoms with Gasteiger partial charge in [0.1, 0.15) is 0 Å². The van der Waals surface area contributed by atoms with Gasteiger partial charge in [-0.15, -0.1) is 0 Å². The Labute approximate surface area is 390 Å². The second kappa shape index (κ2) is 15.0. The molecule has 10 rings (SSSR count). The van der Waals surface area contributed by atoms with Gasteiger partial charge in [-0.1, -0.05) is 142 Å². The molecule has 0 atom stereocenters. The van der Waals surface area contributed by atoms with E-state index in [-0.39, 0.29) is 28.4 Å². The van der Waals surface area contributed by atoms with Crippen LogP contribution in [0.1, 0.15) is 121 Å². The number of anilines is 9. The Morgan fingerprint density at radius 1 is 0.446 bits per heavy atom. The maximum Gasteiger partial charge on any atom is 0.252 e. The summed E-state index contributed by atoms with van der Waals surface area (Å²) in [6.45, 7) is 30.6. The Kier molecular flexibility index (Phi) is 9.92. The molecule has 7 aromatic carbocycles. The van der Waals surface area contributed by atoms with Crippen LogP contribution in [0.2, 0.25) is 0 Å². The van der Waals surface area contributed by atoms with Gasteiger partial charge < -0.3 is 14.7 Å². The molecule has 0 saturated heterocycles. The number of hydrogen-bond acceptors (Lipinski definition) is 3. The van der Waals surface area contributed by atoms with Gasteiger partial charge in [-0.2, -0.15) is 0 Å². The van der Waals surface area contributed by atoms with Crippen LogP contribution in [0.25, 0.3) is 0 Å². The molecular weight excluding hydrogens is 786 g/mol. The molecule has 2 aliphatic heterocycles. The standard InChI is InChI=1S/C61H66BN3/c1-39-22-26-44(27-23-39)63(45-28-24-42(25-29-45)58(4,5)6)46-30-31-53-49(36-46)62-50-37-47-48(61(12,13)33-32-60(47,10)11)38-54(50)65(52-21-17-15-19-41(52)3)56-35-43(59(7,8)9)34-55(57(56)62)64(53)51-20-16-14-18-40(51)2/h14-31,34-38H,32-33H2,1-13H3. The molecule has 65 heavy (non-hydrogen) atoms. The Morgan fingerprint density at radius 2 is 0.908 bits per heavy atom. The fraction of sp³-hybridized carbons (Fsp3) is 0.311. The molecule has 0 spiro atoms. The predicted octanol–water partition coefficient (Wildman–Crippen LogP) is 15.1. The first-order valence-electron chi connectivity index (χ1n) is 23.9. The topological polar surface area (TPSA) is 9.72 Å². The first-order valence-corrected chi connectivity index (χ1v) is 23.9. The molecule has 0 N–H and O–H groups in total. The Bertz CT molecular complexity index is 2990. The van der Waals surface area contributed by atoms with Crippen LogP contribution in [0, 0.1) is 20.8 Å². The number of aryl methyl sites for hydroxylation is 3. The smallest absolute Gasteiger partial charge is 0.252 e. The highest BCUT2D eigenvalue weighted by molar-refractivity contribution is 7.00. The molecule has 0 amide bonds. The third-order valence-corrected chi connectivity index (χ3v) is 15.1. The fourth-order valence-electron chi connectivity index (χ4n) is 11.0. The highest BCUT2D eigenvalue weighted by Crippen LogP contribution is 2.52. The summed E-state index contributed by atoms with van der Waals surface area (Å²) in [7, 11) is 0. The van der Waals surface area contributed by atoms with Gasteiger partial charge in [0.05, 0.1) is 0 Å². The molecular formula is C61H66BN3. The normalized spacial score (nSPS) is 15.8. The lowest BCUT2D eigenvalue weighted by atomic mass is 9.33. The van der Waals surface area contributed by atoms with E-state index >= 15 is 0 Å². The highest BCUT2D eigenvalue weighted by Gasteiger charge is 2.47. The lowest BCUT2D eigenvalue weighted by molar-refractivity contribution is 0.332. The van der Waals surface area contributed by atoms with Gasteiger partial charge >= 0.3 is 0 Å². The van der Waals surface area contributed by atoms with Crippen LogP contribution in [-0.4, -0.2) is 6.71 Å². The minimum Gasteiger partial charge on any atom is -0.311 e. The first-order chi connectivity index (χ1) is 30.7. The Hall–Kier alpha value is -6.00. The van der Waals surface area contributed by atoms with Crippen LogP contribution in [-0.2, 0) is 21.7 Å². The summed E-state index contributed by atoms with van der Waals surface area (Å²) in [4.78, 5) is 7.71. The quantitative estimate of drug-likeness (QED) is 0.160. The third-order valence-electron chi connectivity index (χ3n) is 15.1. The highest BCUT2D eigenvalue weighted by atomic mass is 15.2. The molecule has 3 nitrogen and oxygen atoms in total. The summed E-state index contributed by atoms with van der Waals surface area (Å²) in [6.07, 6.45) is 2.33. The van der Waals surface area contributed by atoms with Crippen molar-refractivity contribution in [1.82, 2.24) is 0 Å². The van der Waals surface area contributed by atoms with E-state index in [0.717, 1.165) is 29.9 Å². The summed E-state index contributed by atoms with van der Waals surface area (Å²) in [5.41, 5.74) is 24.5. The predicted molar refractivity (Wildman–Crippen MR) is 282 cm³/mol. The summed E-state index contributed by atoms with van der Waals surface area (Å²) in [5.74, 6) is 0. The number of rotatable bonds is 5. The maximum absolute atomic E-state index is 2.66. The van der Waals surface area contributed by atoms with Crippen molar-refractivity contribution in [3.05, 3.63) is 178 Å². The van der Waals surface area contributed by atoms with Crippen molar-refractivity contribution in [3.63, 3.8) is 0 Å². The minimum absolute atomic E-state index is 0.0196. The summed E-state index contributed by atoms with van der Waals surface area (Å²) in [5, 5.41) is 0. The molecule has 0 radical (unpaired) electrons. The molecule has 0 bridgehead atoms. The molecule has 3 aliphatic rings. The largest absolute Gasteiger partial charge is 0.311 e. The summed E-state index contributed by atoms with van der Waals surface area (Å²) in [6, 6.07) is 53.9. The van der Waals surface area contributed by atoms with Crippen LogP contribution in [0.15, 0.2) is 140 Å². The summed E-state index contributed by atoms with van der Waals surface area (Å²) >= 11 is 0. The second-order valence-electron chi connectivity index (χ2n) is 22.8. The number of nitrogens with zero attached hydrogens (tertiary/aromatic N) is 3. The zero-order chi connectivity index (χ0) is 46.0. The van der Waals surface area contributed by atoms with E-state index in [9.17, 15) is 0 Å². The zero-order valence-electron chi connectivity index (χ0n) is 41.1. The van der Waals surface area contributed by atoms with E-state index in [4.69, 9.17) is 0 Å². The lowest BCUT2D eigenvalue weighted by Crippen LogP contribution is -2.62.